The monoisotopic (exact) mass is 339 g/mol. The molecule has 24 heavy (non-hydrogen) atoms. The minimum absolute atomic E-state index is 0.101. The fourth-order valence-corrected chi connectivity index (χ4v) is 2.23. The summed E-state index contributed by atoms with van der Waals surface area (Å²) in [4.78, 5) is 26.3. The van der Waals surface area contributed by atoms with E-state index in [1.807, 2.05) is 36.4 Å². The smallest absolute Gasteiger partial charge is 0.239 e. The summed E-state index contributed by atoms with van der Waals surface area (Å²) in [6.45, 7) is 0. The summed E-state index contributed by atoms with van der Waals surface area (Å²) in [5.74, 6) is 0.784. The molecule has 0 saturated heterocycles. The Balaban J connectivity index is 2.03. The van der Waals surface area contributed by atoms with E-state index in [2.05, 4.69) is 20.3 Å². The van der Waals surface area contributed by atoms with Crippen LogP contribution in [0.15, 0.2) is 67.1 Å². The molecule has 0 aliphatic heterocycles. The Morgan fingerprint density at radius 2 is 1.79 bits per heavy atom. The Morgan fingerprint density at radius 1 is 1.00 bits per heavy atom. The molecule has 0 radical (unpaired) electrons. The Kier molecular flexibility index (Phi) is 4.98. The van der Waals surface area contributed by atoms with E-state index in [1.165, 1.54) is 0 Å². The number of alkyl halides is 1. The number of anilines is 4. The van der Waals surface area contributed by atoms with E-state index in [0.29, 0.717) is 17.5 Å². The van der Waals surface area contributed by atoms with Crippen LogP contribution in [0, 0.1) is 0 Å². The van der Waals surface area contributed by atoms with Gasteiger partial charge in [0.05, 0.1) is 5.69 Å². The molecule has 0 saturated carbocycles. The minimum atomic E-state index is -0.269. The summed E-state index contributed by atoms with van der Waals surface area (Å²) in [6, 6.07) is 14.7. The molecule has 120 valence electrons. The number of carbonyl (C=O) groups excluding carboxylic acids is 1. The molecule has 0 aliphatic carbocycles. The fourth-order valence-electron chi connectivity index (χ4n) is 2.16. The quantitative estimate of drug-likeness (QED) is 0.720. The third-order valence-corrected chi connectivity index (χ3v) is 3.38. The van der Waals surface area contributed by atoms with E-state index in [1.54, 1.807) is 35.6 Å². The van der Waals surface area contributed by atoms with Gasteiger partial charge in [-0.2, -0.15) is 0 Å². The molecule has 2 heterocycles. The van der Waals surface area contributed by atoms with Crippen LogP contribution in [0.3, 0.4) is 0 Å². The molecule has 2 aromatic heterocycles. The van der Waals surface area contributed by atoms with Gasteiger partial charge in [-0.3, -0.25) is 9.69 Å². The first-order valence-electron chi connectivity index (χ1n) is 7.22. The van der Waals surface area contributed by atoms with Crippen molar-refractivity contribution < 1.29 is 4.79 Å². The highest BCUT2D eigenvalue weighted by molar-refractivity contribution is 6.29. The van der Waals surface area contributed by atoms with Gasteiger partial charge in [0.25, 0.3) is 0 Å². The van der Waals surface area contributed by atoms with Crippen molar-refractivity contribution in [1.82, 2.24) is 15.0 Å². The molecular formula is C17H14ClN5O. The van der Waals surface area contributed by atoms with E-state index in [-0.39, 0.29) is 11.8 Å². The maximum Gasteiger partial charge on any atom is 0.239 e. The molecule has 1 aromatic carbocycles. The van der Waals surface area contributed by atoms with Crippen LogP contribution < -0.4 is 10.2 Å². The maximum absolute atomic E-state index is 11.5. The van der Waals surface area contributed by atoms with Gasteiger partial charge in [0.15, 0.2) is 0 Å². The molecule has 0 fully saturated rings. The lowest BCUT2D eigenvalue weighted by atomic mass is 10.2. The first-order valence-corrected chi connectivity index (χ1v) is 7.75. The molecule has 1 amide bonds. The van der Waals surface area contributed by atoms with E-state index in [0.717, 1.165) is 5.69 Å². The average Bonchev–Trinajstić information content (AvgIpc) is 2.64. The predicted molar refractivity (Wildman–Crippen MR) is 93.9 cm³/mol. The molecule has 0 unspecified atom stereocenters. The molecule has 6 nitrogen and oxygen atoms in total. The maximum atomic E-state index is 11.5. The van der Waals surface area contributed by atoms with Crippen molar-refractivity contribution in [1.29, 1.82) is 0 Å². The number of amides is 1. The SMILES string of the molecule is O=C(CCl)Nc1cccc(N(c2ccccn2)c2ncccn2)c1. The summed E-state index contributed by atoms with van der Waals surface area (Å²) >= 11 is 5.54. The van der Waals surface area contributed by atoms with Gasteiger partial charge in [-0.1, -0.05) is 12.1 Å². The van der Waals surface area contributed by atoms with Crippen LogP contribution in [0.2, 0.25) is 0 Å². The van der Waals surface area contributed by atoms with Crippen LogP contribution in [0.5, 0.6) is 0 Å². The number of benzene rings is 1. The van der Waals surface area contributed by atoms with Gasteiger partial charge in [0.2, 0.25) is 11.9 Å². The van der Waals surface area contributed by atoms with Crippen LogP contribution >= 0.6 is 11.6 Å². The third kappa shape index (κ3) is 3.67. The average molecular weight is 340 g/mol. The van der Waals surface area contributed by atoms with Gasteiger partial charge in [-0.05, 0) is 36.4 Å². The molecule has 0 atom stereocenters. The van der Waals surface area contributed by atoms with Crippen molar-refractivity contribution in [2.45, 2.75) is 0 Å². The van der Waals surface area contributed by atoms with Gasteiger partial charge in [-0.15, -0.1) is 11.6 Å². The number of aromatic nitrogens is 3. The van der Waals surface area contributed by atoms with Crippen LogP contribution in [-0.4, -0.2) is 26.7 Å². The number of nitrogens with zero attached hydrogens (tertiary/aromatic N) is 4. The van der Waals surface area contributed by atoms with E-state index < -0.39 is 0 Å². The topological polar surface area (TPSA) is 71.0 Å². The zero-order chi connectivity index (χ0) is 16.8. The molecule has 3 rings (SSSR count). The zero-order valence-electron chi connectivity index (χ0n) is 12.6. The summed E-state index contributed by atoms with van der Waals surface area (Å²) in [6.07, 6.45) is 5.03. The summed E-state index contributed by atoms with van der Waals surface area (Å²) in [5.41, 5.74) is 1.40. The molecule has 1 N–H and O–H groups in total. The summed E-state index contributed by atoms with van der Waals surface area (Å²) < 4.78 is 0. The fraction of sp³-hybridized carbons (Fsp3) is 0.0588. The van der Waals surface area contributed by atoms with Gasteiger partial charge in [0, 0.05) is 24.3 Å². The van der Waals surface area contributed by atoms with Gasteiger partial charge < -0.3 is 5.32 Å². The Morgan fingerprint density at radius 3 is 2.50 bits per heavy atom. The standard InChI is InChI=1S/C17H14ClN5O/c18-12-16(24)22-13-5-3-6-14(11-13)23(15-7-1-2-8-19-15)17-20-9-4-10-21-17/h1-11H,12H2,(H,22,24). The molecule has 0 spiro atoms. The molecule has 0 aliphatic rings. The molecular weight excluding hydrogens is 326 g/mol. The highest BCUT2D eigenvalue weighted by Crippen LogP contribution is 2.31. The van der Waals surface area contributed by atoms with Crippen LogP contribution in [-0.2, 0) is 4.79 Å². The Hall–Kier alpha value is -2.99. The second-order valence-electron chi connectivity index (χ2n) is 4.80. The van der Waals surface area contributed by atoms with Crippen molar-refractivity contribution in [3.05, 3.63) is 67.1 Å². The zero-order valence-corrected chi connectivity index (χ0v) is 13.4. The number of hydrogen-bond donors (Lipinski definition) is 1. The number of halogens is 1. The minimum Gasteiger partial charge on any atom is -0.325 e. The van der Waals surface area contributed by atoms with Gasteiger partial charge >= 0.3 is 0 Å². The Bertz CT molecular complexity index is 774. The van der Waals surface area contributed by atoms with Crippen LogP contribution in [0.25, 0.3) is 0 Å². The number of rotatable bonds is 5. The largest absolute Gasteiger partial charge is 0.325 e. The van der Waals surface area contributed by atoms with E-state index >= 15 is 0 Å². The first-order chi connectivity index (χ1) is 11.8. The van der Waals surface area contributed by atoms with Crippen molar-refractivity contribution in [3.63, 3.8) is 0 Å². The van der Waals surface area contributed by atoms with Crippen molar-refractivity contribution in [2.24, 2.45) is 0 Å². The van der Waals surface area contributed by atoms with Crippen LogP contribution in [0.1, 0.15) is 0 Å². The van der Waals surface area contributed by atoms with E-state index in [4.69, 9.17) is 11.6 Å². The number of hydrogen-bond acceptors (Lipinski definition) is 5. The van der Waals surface area contributed by atoms with Crippen molar-refractivity contribution >= 4 is 40.6 Å². The molecule has 3 aromatic rings. The summed E-state index contributed by atoms with van der Waals surface area (Å²) in [5, 5.41) is 2.73. The second-order valence-corrected chi connectivity index (χ2v) is 5.07. The number of carbonyl (C=O) groups is 1. The van der Waals surface area contributed by atoms with E-state index in [9.17, 15) is 4.79 Å². The summed E-state index contributed by atoms with van der Waals surface area (Å²) in [7, 11) is 0. The molecule has 0 bridgehead atoms. The number of nitrogens with one attached hydrogen (secondary N) is 1. The normalized spacial score (nSPS) is 10.2. The highest BCUT2D eigenvalue weighted by atomic mass is 35.5. The number of pyridine rings is 1. The highest BCUT2D eigenvalue weighted by Gasteiger charge is 2.16. The second kappa shape index (κ2) is 7.52. The van der Waals surface area contributed by atoms with Crippen LogP contribution in [0.4, 0.5) is 23.1 Å². The Labute approximate surface area is 144 Å². The predicted octanol–water partition coefficient (Wildman–Crippen LogP) is 3.52. The van der Waals surface area contributed by atoms with Crippen molar-refractivity contribution in [3.8, 4) is 0 Å². The van der Waals surface area contributed by atoms with Gasteiger partial charge in [-0.25, -0.2) is 15.0 Å². The van der Waals surface area contributed by atoms with Gasteiger partial charge in [0.1, 0.15) is 11.7 Å². The lowest BCUT2D eigenvalue weighted by Gasteiger charge is -2.22. The lowest BCUT2D eigenvalue weighted by molar-refractivity contribution is -0.113. The third-order valence-electron chi connectivity index (χ3n) is 3.14. The first kappa shape index (κ1) is 15.9. The molecule has 7 heteroatoms. The van der Waals surface area contributed by atoms with Crippen molar-refractivity contribution in [2.75, 3.05) is 16.1 Å². The lowest BCUT2D eigenvalue weighted by Crippen LogP contribution is -2.16.